The molecule has 0 aliphatic heterocycles. The summed E-state index contributed by atoms with van der Waals surface area (Å²) >= 11 is 7.12. The lowest BCUT2D eigenvalue weighted by Crippen LogP contribution is -2.10. The lowest BCUT2D eigenvalue weighted by atomic mass is 10.2. The minimum Gasteiger partial charge on any atom is -0.447 e. The summed E-state index contributed by atoms with van der Waals surface area (Å²) in [5.74, 6) is 0.189. The number of benzene rings is 1. The van der Waals surface area contributed by atoms with Crippen LogP contribution in [0.25, 0.3) is 0 Å². The Balaban J connectivity index is 2.14. The maximum absolute atomic E-state index is 10.8. The van der Waals surface area contributed by atoms with Crippen LogP contribution >= 0.6 is 22.9 Å². The van der Waals surface area contributed by atoms with Gasteiger partial charge in [0.2, 0.25) is 5.91 Å². The van der Waals surface area contributed by atoms with Gasteiger partial charge in [0.1, 0.15) is 5.75 Å². The molecule has 1 aromatic carbocycles. The molecule has 16 heavy (non-hydrogen) atoms. The molecule has 5 heteroatoms. The number of hydrogen-bond acceptors (Lipinski definition) is 3. The molecule has 0 aliphatic carbocycles. The SMILES string of the molecule is NC(=O)c1ccc(Oc2ccc(Cl)s2)cc1. The van der Waals surface area contributed by atoms with Gasteiger partial charge in [0, 0.05) is 5.56 Å². The van der Waals surface area contributed by atoms with Crippen molar-refractivity contribution < 1.29 is 9.53 Å². The summed E-state index contributed by atoms with van der Waals surface area (Å²) in [4.78, 5) is 10.8. The van der Waals surface area contributed by atoms with Crippen LogP contribution in [0.3, 0.4) is 0 Å². The number of hydrogen-bond donors (Lipinski definition) is 1. The van der Waals surface area contributed by atoms with Crippen molar-refractivity contribution in [2.24, 2.45) is 5.73 Å². The van der Waals surface area contributed by atoms with Crippen LogP contribution in [0.5, 0.6) is 10.8 Å². The van der Waals surface area contributed by atoms with Gasteiger partial charge in [-0.05, 0) is 36.4 Å². The number of carbonyl (C=O) groups is 1. The number of thiophene rings is 1. The number of nitrogens with two attached hydrogens (primary N) is 1. The Labute approximate surface area is 101 Å². The van der Waals surface area contributed by atoms with Crippen molar-refractivity contribution in [2.75, 3.05) is 0 Å². The van der Waals surface area contributed by atoms with Gasteiger partial charge in [-0.2, -0.15) is 0 Å². The molecule has 0 bridgehead atoms. The summed E-state index contributed by atoms with van der Waals surface area (Å²) in [7, 11) is 0. The zero-order chi connectivity index (χ0) is 11.5. The van der Waals surface area contributed by atoms with Gasteiger partial charge in [-0.3, -0.25) is 4.79 Å². The van der Waals surface area contributed by atoms with E-state index in [9.17, 15) is 4.79 Å². The Bertz CT molecular complexity index is 507. The Morgan fingerprint density at radius 3 is 2.38 bits per heavy atom. The second-order valence-electron chi connectivity index (χ2n) is 3.05. The van der Waals surface area contributed by atoms with Crippen LogP contribution in [-0.2, 0) is 0 Å². The molecule has 2 N–H and O–H groups in total. The monoisotopic (exact) mass is 253 g/mol. The first kappa shape index (κ1) is 11.0. The highest BCUT2D eigenvalue weighted by molar-refractivity contribution is 7.17. The predicted octanol–water partition coefficient (Wildman–Crippen LogP) is 3.29. The molecule has 1 aromatic heterocycles. The van der Waals surface area contributed by atoms with E-state index in [2.05, 4.69) is 0 Å². The van der Waals surface area contributed by atoms with Gasteiger partial charge >= 0.3 is 0 Å². The largest absolute Gasteiger partial charge is 0.447 e. The van der Waals surface area contributed by atoms with Crippen LogP contribution in [0.15, 0.2) is 36.4 Å². The summed E-state index contributed by atoms with van der Waals surface area (Å²) in [6.07, 6.45) is 0. The van der Waals surface area contributed by atoms with Gasteiger partial charge in [0.25, 0.3) is 0 Å². The Morgan fingerprint density at radius 2 is 1.88 bits per heavy atom. The molecular weight excluding hydrogens is 246 g/mol. The molecule has 2 rings (SSSR count). The van der Waals surface area contributed by atoms with Crippen LogP contribution in [-0.4, -0.2) is 5.91 Å². The molecule has 82 valence electrons. The smallest absolute Gasteiger partial charge is 0.248 e. The molecule has 0 atom stereocenters. The number of rotatable bonds is 3. The normalized spacial score (nSPS) is 10.1. The third-order valence-corrected chi connectivity index (χ3v) is 3.01. The van der Waals surface area contributed by atoms with Gasteiger partial charge in [-0.15, -0.1) is 0 Å². The van der Waals surface area contributed by atoms with E-state index in [1.807, 2.05) is 0 Å². The van der Waals surface area contributed by atoms with E-state index >= 15 is 0 Å². The number of amides is 1. The van der Waals surface area contributed by atoms with Crippen molar-refractivity contribution in [1.29, 1.82) is 0 Å². The number of carbonyl (C=O) groups excluding carboxylic acids is 1. The Kier molecular flexibility index (Phi) is 3.12. The quantitative estimate of drug-likeness (QED) is 0.913. The highest BCUT2D eigenvalue weighted by Crippen LogP contribution is 2.32. The molecule has 3 nitrogen and oxygen atoms in total. The topological polar surface area (TPSA) is 52.3 Å². The first-order chi connectivity index (χ1) is 7.65. The van der Waals surface area contributed by atoms with Crippen molar-refractivity contribution in [3.63, 3.8) is 0 Å². The molecule has 0 spiro atoms. The van der Waals surface area contributed by atoms with E-state index in [4.69, 9.17) is 22.1 Å². The van der Waals surface area contributed by atoms with E-state index in [1.165, 1.54) is 11.3 Å². The van der Waals surface area contributed by atoms with Gasteiger partial charge in [0.15, 0.2) is 5.06 Å². The van der Waals surface area contributed by atoms with Gasteiger partial charge in [-0.1, -0.05) is 22.9 Å². The Morgan fingerprint density at radius 1 is 1.19 bits per heavy atom. The first-order valence-corrected chi connectivity index (χ1v) is 5.67. The summed E-state index contributed by atoms with van der Waals surface area (Å²) in [6, 6.07) is 10.2. The molecular formula is C11H8ClNO2S. The first-order valence-electron chi connectivity index (χ1n) is 4.48. The predicted molar refractivity (Wildman–Crippen MR) is 64.4 cm³/mol. The fourth-order valence-corrected chi connectivity index (χ4v) is 2.05. The maximum atomic E-state index is 10.8. The average molecular weight is 254 g/mol. The third kappa shape index (κ3) is 2.53. The fourth-order valence-electron chi connectivity index (χ4n) is 1.16. The minimum absolute atomic E-state index is 0.453. The van der Waals surface area contributed by atoms with E-state index in [-0.39, 0.29) is 0 Å². The lowest BCUT2D eigenvalue weighted by molar-refractivity contribution is 0.100. The van der Waals surface area contributed by atoms with Crippen LogP contribution in [0.4, 0.5) is 0 Å². The van der Waals surface area contributed by atoms with Crippen LogP contribution in [0, 0.1) is 0 Å². The zero-order valence-corrected chi connectivity index (χ0v) is 9.72. The van der Waals surface area contributed by atoms with Crippen LogP contribution < -0.4 is 10.5 Å². The van der Waals surface area contributed by atoms with Gasteiger partial charge in [-0.25, -0.2) is 0 Å². The van der Waals surface area contributed by atoms with Crippen molar-refractivity contribution in [3.05, 3.63) is 46.3 Å². The third-order valence-electron chi connectivity index (χ3n) is 1.91. The highest BCUT2D eigenvalue weighted by Gasteiger charge is 2.03. The molecule has 0 saturated carbocycles. The minimum atomic E-state index is -0.453. The van der Waals surface area contributed by atoms with Crippen molar-refractivity contribution >= 4 is 28.8 Å². The second-order valence-corrected chi connectivity index (χ2v) is 4.73. The van der Waals surface area contributed by atoms with Crippen LogP contribution in [0.1, 0.15) is 10.4 Å². The van der Waals surface area contributed by atoms with E-state index in [1.54, 1.807) is 36.4 Å². The molecule has 2 aromatic rings. The fraction of sp³-hybridized carbons (Fsp3) is 0. The van der Waals surface area contributed by atoms with E-state index in [0.29, 0.717) is 20.7 Å². The average Bonchev–Trinajstić information content (AvgIpc) is 2.65. The van der Waals surface area contributed by atoms with Crippen LogP contribution in [0.2, 0.25) is 4.34 Å². The van der Waals surface area contributed by atoms with E-state index in [0.717, 1.165) is 0 Å². The molecule has 0 radical (unpaired) electrons. The van der Waals surface area contributed by atoms with E-state index < -0.39 is 5.91 Å². The van der Waals surface area contributed by atoms with Crippen molar-refractivity contribution in [1.82, 2.24) is 0 Å². The lowest BCUT2D eigenvalue weighted by Gasteiger charge is -2.02. The van der Waals surface area contributed by atoms with Gasteiger partial charge < -0.3 is 10.5 Å². The molecule has 0 fully saturated rings. The number of primary amides is 1. The summed E-state index contributed by atoms with van der Waals surface area (Å²) in [6.45, 7) is 0. The summed E-state index contributed by atoms with van der Waals surface area (Å²) in [5, 5.41) is 0.705. The van der Waals surface area contributed by atoms with Crippen molar-refractivity contribution in [3.8, 4) is 10.8 Å². The standard InChI is InChI=1S/C11H8ClNO2S/c12-9-5-6-10(16-9)15-8-3-1-7(2-4-8)11(13)14/h1-6H,(H2,13,14). The molecule has 0 aliphatic rings. The van der Waals surface area contributed by atoms with Gasteiger partial charge in [0.05, 0.1) is 4.34 Å². The Hall–Kier alpha value is -1.52. The van der Waals surface area contributed by atoms with Crippen molar-refractivity contribution in [2.45, 2.75) is 0 Å². The molecule has 1 amide bonds. The summed E-state index contributed by atoms with van der Waals surface area (Å²) < 4.78 is 6.19. The summed E-state index contributed by atoms with van der Waals surface area (Å²) in [5.41, 5.74) is 5.58. The molecule has 0 saturated heterocycles. The number of halogens is 1. The maximum Gasteiger partial charge on any atom is 0.248 e. The molecule has 0 unspecified atom stereocenters. The zero-order valence-electron chi connectivity index (χ0n) is 8.14. The second kappa shape index (κ2) is 4.55. The molecule has 1 heterocycles. The number of ether oxygens (including phenoxy) is 1. The highest BCUT2D eigenvalue weighted by atomic mass is 35.5.